The molecular weight excluding hydrogens is 290 g/mol. The number of hydrogen-bond acceptors (Lipinski definition) is 3. The lowest BCUT2D eigenvalue weighted by atomic mass is 9.99. The molecule has 0 aliphatic carbocycles. The second-order valence-electron chi connectivity index (χ2n) is 5.86. The lowest BCUT2D eigenvalue weighted by Crippen LogP contribution is -2.44. The summed E-state index contributed by atoms with van der Waals surface area (Å²) >= 11 is 0. The van der Waals surface area contributed by atoms with E-state index in [0.29, 0.717) is 11.4 Å². The number of amides is 1. The molecule has 1 atom stereocenters. The number of hydrogen-bond donors (Lipinski definition) is 0. The fourth-order valence-electron chi connectivity index (χ4n) is 3.12. The number of rotatable bonds is 3. The summed E-state index contributed by atoms with van der Waals surface area (Å²) in [6, 6.07) is 12.4. The van der Waals surface area contributed by atoms with E-state index in [1.807, 2.05) is 23.1 Å². The molecule has 1 aliphatic heterocycles. The Hall–Kier alpha value is -2.43. The van der Waals surface area contributed by atoms with Crippen LogP contribution in [0.15, 0.2) is 47.3 Å². The summed E-state index contributed by atoms with van der Waals surface area (Å²) in [7, 11) is 0. The average molecular weight is 311 g/mol. The second kappa shape index (κ2) is 6.77. The monoisotopic (exact) mass is 311 g/mol. The zero-order valence-electron chi connectivity index (χ0n) is 13.3. The van der Waals surface area contributed by atoms with Crippen LogP contribution in [0.1, 0.15) is 43.1 Å². The van der Waals surface area contributed by atoms with Crippen LogP contribution in [0.2, 0.25) is 0 Å². The molecule has 0 bridgehead atoms. The van der Waals surface area contributed by atoms with Crippen molar-refractivity contribution >= 4 is 5.91 Å². The fraction of sp³-hybridized carbons (Fsp3) is 0.389. The molecule has 1 aromatic carbocycles. The van der Waals surface area contributed by atoms with E-state index in [4.69, 9.17) is 0 Å². The molecule has 2 heterocycles. The van der Waals surface area contributed by atoms with E-state index < -0.39 is 0 Å². The van der Waals surface area contributed by atoms with Crippen molar-refractivity contribution in [3.8, 4) is 5.69 Å². The van der Waals surface area contributed by atoms with Gasteiger partial charge in [0.15, 0.2) is 0 Å². The standard InChI is InChI=1S/C18H21N3O2/c1-2-14-8-6-7-13-20(14)18(23)16-11-12-17(22)21(19-16)15-9-4-3-5-10-15/h3-5,9-12,14H,2,6-8,13H2,1H3. The van der Waals surface area contributed by atoms with Crippen molar-refractivity contribution in [2.24, 2.45) is 0 Å². The molecule has 1 fully saturated rings. The van der Waals surface area contributed by atoms with E-state index in [0.717, 1.165) is 25.8 Å². The highest BCUT2D eigenvalue weighted by Gasteiger charge is 2.27. The van der Waals surface area contributed by atoms with Crippen LogP contribution in [0.4, 0.5) is 0 Å². The highest BCUT2D eigenvalue weighted by atomic mass is 16.2. The Morgan fingerprint density at radius 3 is 2.70 bits per heavy atom. The van der Waals surface area contributed by atoms with Crippen LogP contribution >= 0.6 is 0 Å². The number of para-hydroxylation sites is 1. The lowest BCUT2D eigenvalue weighted by Gasteiger charge is -2.35. The number of nitrogens with zero attached hydrogens (tertiary/aromatic N) is 3. The van der Waals surface area contributed by atoms with Gasteiger partial charge in [0.1, 0.15) is 5.69 Å². The molecule has 5 nitrogen and oxygen atoms in total. The molecule has 23 heavy (non-hydrogen) atoms. The SMILES string of the molecule is CCC1CCCCN1C(=O)c1ccc(=O)n(-c2ccccc2)n1. The van der Waals surface area contributed by atoms with Crippen LogP contribution in [0.5, 0.6) is 0 Å². The molecule has 0 spiro atoms. The van der Waals surface area contributed by atoms with Gasteiger partial charge in [-0.1, -0.05) is 25.1 Å². The molecule has 0 N–H and O–H groups in total. The van der Waals surface area contributed by atoms with E-state index in [2.05, 4.69) is 12.0 Å². The van der Waals surface area contributed by atoms with Crippen molar-refractivity contribution in [3.05, 3.63) is 58.5 Å². The van der Waals surface area contributed by atoms with Crippen molar-refractivity contribution in [2.45, 2.75) is 38.6 Å². The fourth-order valence-corrected chi connectivity index (χ4v) is 3.12. The zero-order chi connectivity index (χ0) is 16.2. The molecule has 1 aromatic heterocycles. The summed E-state index contributed by atoms with van der Waals surface area (Å²) in [6.45, 7) is 2.87. The van der Waals surface area contributed by atoms with Gasteiger partial charge in [-0.05, 0) is 43.9 Å². The maximum absolute atomic E-state index is 12.8. The number of piperidine rings is 1. The van der Waals surface area contributed by atoms with Gasteiger partial charge in [0.05, 0.1) is 5.69 Å². The minimum absolute atomic E-state index is 0.0822. The predicted octanol–water partition coefficient (Wildman–Crippen LogP) is 2.64. The van der Waals surface area contributed by atoms with Crippen LogP contribution in [0.25, 0.3) is 5.69 Å². The molecule has 2 aromatic rings. The number of benzene rings is 1. The molecule has 1 aliphatic rings. The molecular formula is C18H21N3O2. The first-order valence-corrected chi connectivity index (χ1v) is 8.17. The molecule has 5 heteroatoms. The third-order valence-corrected chi connectivity index (χ3v) is 4.38. The summed E-state index contributed by atoms with van der Waals surface area (Å²) in [5.74, 6) is -0.0822. The molecule has 1 amide bonds. The zero-order valence-corrected chi connectivity index (χ0v) is 13.3. The predicted molar refractivity (Wildman–Crippen MR) is 88.8 cm³/mol. The highest BCUT2D eigenvalue weighted by molar-refractivity contribution is 5.92. The minimum Gasteiger partial charge on any atom is -0.334 e. The first kappa shape index (κ1) is 15.5. The van der Waals surface area contributed by atoms with Crippen molar-refractivity contribution in [1.29, 1.82) is 0 Å². The number of likely N-dealkylation sites (tertiary alicyclic amines) is 1. The van der Waals surface area contributed by atoms with Gasteiger partial charge in [0.2, 0.25) is 0 Å². The molecule has 1 saturated heterocycles. The Bertz CT molecular complexity index is 739. The summed E-state index contributed by atoms with van der Waals surface area (Å²) in [5.41, 5.74) is 0.755. The van der Waals surface area contributed by atoms with Gasteiger partial charge < -0.3 is 4.90 Å². The van der Waals surface area contributed by atoms with E-state index in [1.54, 1.807) is 12.1 Å². The Balaban J connectivity index is 1.94. The quantitative estimate of drug-likeness (QED) is 0.875. The Morgan fingerprint density at radius 1 is 1.17 bits per heavy atom. The first-order valence-electron chi connectivity index (χ1n) is 8.17. The van der Waals surface area contributed by atoms with Crippen molar-refractivity contribution in [3.63, 3.8) is 0 Å². The number of aromatic nitrogens is 2. The van der Waals surface area contributed by atoms with Crippen LogP contribution in [0, 0.1) is 0 Å². The number of carbonyl (C=O) groups excluding carboxylic acids is 1. The van der Waals surface area contributed by atoms with Crippen LogP contribution in [-0.2, 0) is 0 Å². The third-order valence-electron chi connectivity index (χ3n) is 4.38. The Morgan fingerprint density at radius 2 is 1.96 bits per heavy atom. The Kier molecular flexibility index (Phi) is 4.55. The van der Waals surface area contributed by atoms with Gasteiger partial charge in [-0.15, -0.1) is 0 Å². The molecule has 1 unspecified atom stereocenters. The van der Waals surface area contributed by atoms with E-state index in [1.165, 1.54) is 23.2 Å². The normalized spacial score (nSPS) is 18.0. The van der Waals surface area contributed by atoms with Gasteiger partial charge in [0.25, 0.3) is 11.5 Å². The first-order chi connectivity index (χ1) is 11.2. The van der Waals surface area contributed by atoms with Gasteiger partial charge in [-0.25, -0.2) is 0 Å². The van der Waals surface area contributed by atoms with Gasteiger partial charge in [-0.2, -0.15) is 9.78 Å². The maximum atomic E-state index is 12.8. The van der Waals surface area contributed by atoms with E-state index >= 15 is 0 Å². The largest absolute Gasteiger partial charge is 0.334 e. The molecule has 0 saturated carbocycles. The van der Waals surface area contributed by atoms with Crippen molar-refractivity contribution < 1.29 is 4.79 Å². The smallest absolute Gasteiger partial charge is 0.274 e. The number of carbonyl (C=O) groups is 1. The lowest BCUT2D eigenvalue weighted by molar-refractivity contribution is 0.0600. The van der Waals surface area contributed by atoms with Crippen LogP contribution < -0.4 is 5.56 Å². The second-order valence-corrected chi connectivity index (χ2v) is 5.86. The summed E-state index contributed by atoms with van der Waals surface area (Å²) < 4.78 is 1.29. The summed E-state index contributed by atoms with van der Waals surface area (Å²) in [6.07, 6.45) is 4.18. The third kappa shape index (κ3) is 3.18. The molecule has 120 valence electrons. The molecule has 0 radical (unpaired) electrons. The maximum Gasteiger partial charge on any atom is 0.274 e. The van der Waals surface area contributed by atoms with Gasteiger partial charge in [0, 0.05) is 18.7 Å². The van der Waals surface area contributed by atoms with E-state index in [-0.39, 0.29) is 17.5 Å². The van der Waals surface area contributed by atoms with Crippen molar-refractivity contribution in [2.75, 3.05) is 6.54 Å². The Labute approximate surface area is 135 Å². The average Bonchev–Trinajstić information content (AvgIpc) is 2.62. The summed E-state index contributed by atoms with van der Waals surface area (Å²) in [5, 5.41) is 4.30. The minimum atomic E-state index is -0.238. The van der Waals surface area contributed by atoms with Crippen LogP contribution in [-0.4, -0.2) is 33.2 Å². The molecule has 3 rings (SSSR count). The summed E-state index contributed by atoms with van der Waals surface area (Å²) in [4.78, 5) is 26.8. The van der Waals surface area contributed by atoms with Crippen molar-refractivity contribution in [1.82, 2.24) is 14.7 Å². The topological polar surface area (TPSA) is 55.2 Å². The highest BCUT2D eigenvalue weighted by Crippen LogP contribution is 2.21. The van der Waals surface area contributed by atoms with E-state index in [9.17, 15) is 9.59 Å². The van der Waals surface area contributed by atoms with Crippen LogP contribution in [0.3, 0.4) is 0 Å². The van der Waals surface area contributed by atoms with Gasteiger partial charge in [-0.3, -0.25) is 9.59 Å². The van der Waals surface area contributed by atoms with Gasteiger partial charge >= 0.3 is 0 Å².